The second-order valence-corrected chi connectivity index (χ2v) is 6.02. The standard InChI is InChI=1S/C14H22ClN3O/c1-5-6-11-16-12(15)10(2)13(17-11)18-7-8-19-14(3,4)9-18/h5-9H2,1-4H3. The van der Waals surface area contributed by atoms with Crippen molar-refractivity contribution in [3.8, 4) is 0 Å². The molecule has 0 aliphatic carbocycles. The minimum Gasteiger partial charge on any atom is -0.372 e. The Bertz CT molecular complexity index is 462. The van der Waals surface area contributed by atoms with Gasteiger partial charge in [0, 0.05) is 25.1 Å². The number of nitrogens with zero attached hydrogens (tertiary/aromatic N) is 3. The summed E-state index contributed by atoms with van der Waals surface area (Å²) in [6.07, 6.45) is 1.88. The fraction of sp³-hybridized carbons (Fsp3) is 0.714. The fourth-order valence-corrected chi connectivity index (χ4v) is 2.54. The van der Waals surface area contributed by atoms with E-state index in [1.807, 2.05) is 6.92 Å². The molecule has 2 heterocycles. The van der Waals surface area contributed by atoms with Crippen LogP contribution in [0.1, 0.15) is 38.6 Å². The van der Waals surface area contributed by atoms with Crippen molar-refractivity contribution in [3.05, 3.63) is 16.5 Å². The molecule has 0 aromatic carbocycles. The van der Waals surface area contributed by atoms with E-state index in [1.165, 1.54) is 0 Å². The van der Waals surface area contributed by atoms with Gasteiger partial charge in [0.05, 0.1) is 12.2 Å². The number of rotatable bonds is 3. The van der Waals surface area contributed by atoms with Gasteiger partial charge in [-0.1, -0.05) is 18.5 Å². The van der Waals surface area contributed by atoms with E-state index in [9.17, 15) is 0 Å². The highest BCUT2D eigenvalue weighted by molar-refractivity contribution is 6.30. The van der Waals surface area contributed by atoms with E-state index in [-0.39, 0.29) is 5.60 Å². The summed E-state index contributed by atoms with van der Waals surface area (Å²) in [6, 6.07) is 0. The number of aromatic nitrogens is 2. The predicted molar refractivity (Wildman–Crippen MR) is 78.0 cm³/mol. The van der Waals surface area contributed by atoms with Crippen molar-refractivity contribution in [2.24, 2.45) is 0 Å². The van der Waals surface area contributed by atoms with Crippen LogP contribution in [0.2, 0.25) is 5.15 Å². The summed E-state index contributed by atoms with van der Waals surface area (Å²) >= 11 is 6.24. The van der Waals surface area contributed by atoms with Crippen LogP contribution in [0.25, 0.3) is 0 Å². The van der Waals surface area contributed by atoms with Crippen LogP contribution in [0.15, 0.2) is 0 Å². The van der Waals surface area contributed by atoms with Gasteiger partial charge in [0.2, 0.25) is 0 Å². The van der Waals surface area contributed by atoms with Crippen LogP contribution in [0.4, 0.5) is 5.82 Å². The van der Waals surface area contributed by atoms with Gasteiger partial charge in [-0.15, -0.1) is 0 Å². The maximum atomic E-state index is 6.24. The third kappa shape index (κ3) is 3.37. The largest absolute Gasteiger partial charge is 0.372 e. The monoisotopic (exact) mass is 283 g/mol. The van der Waals surface area contributed by atoms with Crippen molar-refractivity contribution in [1.82, 2.24) is 9.97 Å². The number of anilines is 1. The van der Waals surface area contributed by atoms with Crippen LogP contribution >= 0.6 is 11.6 Å². The number of ether oxygens (including phenoxy) is 1. The van der Waals surface area contributed by atoms with Crippen molar-refractivity contribution >= 4 is 17.4 Å². The van der Waals surface area contributed by atoms with E-state index in [0.29, 0.717) is 5.15 Å². The summed E-state index contributed by atoms with van der Waals surface area (Å²) in [5, 5.41) is 0.567. The molecule has 0 unspecified atom stereocenters. The van der Waals surface area contributed by atoms with E-state index < -0.39 is 0 Å². The molecule has 106 valence electrons. The Morgan fingerprint density at radius 1 is 1.37 bits per heavy atom. The minimum atomic E-state index is -0.146. The highest BCUT2D eigenvalue weighted by Crippen LogP contribution is 2.27. The maximum absolute atomic E-state index is 6.24. The Morgan fingerprint density at radius 2 is 2.11 bits per heavy atom. The normalized spacial score (nSPS) is 18.7. The first-order valence-electron chi connectivity index (χ1n) is 6.85. The topological polar surface area (TPSA) is 38.2 Å². The number of hydrogen-bond donors (Lipinski definition) is 0. The molecule has 0 saturated carbocycles. The Kier molecular flexibility index (Phi) is 4.31. The summed E-state index contributed by atoms with van der Waals surface area (Å²) in [5.74, 6) is 1.79. The lowest BCUT2D eigenvalue weighted by Gasteiger charge is -2.39. The molecule has 1 saturated heterocycles. The molecule has 1 aliphatic rings. The van der Waals surface area contributed by atoms with Gasteiger partial charge in [-0.2, -0.15) is 0 Å². The third-order valence-electron chi connectivity index (χ3n) is 3.31. The van der Waals surface area contributed by atoms with Gasteiger partial charge >= 0.3 is 0 Å². The molecular weight excluding hydrogens is 262 g/mol. The Hall–Kier alpha value is -0.870. The summed E-state index contributed by atoms with van der Waals surface area (Å²) in [6.45, 7) is 10.7. The van der Waals surface area contributed by atoms with E-state index in [4.69, 9.17) is 16.3 Å². The molecule has 0 amide bonds. The Balaban J connectivity index is 2.32. The molecular formula is C14H22ClN3O. The lowest BCUT2D eigenvalue weighted by atomic mass is 10.1. The highest BCUT2D eigenvalue weighted by atomic mass is 35.5. The van der Waals surface area contributed by atoms with Crippen LogP contribution in [0.5, 0.6) is 0 Å². The smallest absolute Gasteiger partial charge is 0.137 e. The van der Waals surface area contributed by atoms with Crippen molar-refractivity contribution in [2.45, 2.75) is 46.1 Å². The Morgan fingerprint density at radius 3 is 2.74 bits per heavy atom. The van der Waals surface area contributed by atoms with Gasteiger partial charge in [-0.3, -0.25) is 0 Å². The first-order valence-corrected chi connectivity index (χ1v) is 7.22. The van der Waals surface area contributed by atoms with Crippen LogP contribution in [0, 0.1) is 6.92 Å². The van der Waals surface area contributed by atoms with Gasteiger partial charge < -0.3 is 9.64 Å². The second-order valence-electron chi connectivity index (χ2n) is 5.66. The van der Waals surface area contributed by atoms with E-state index in [1.54, 1.807) is 0 Å². The minimum absolute atomic E-state index is 0.146. The van der Waals surface area contributed by atoms with Crippen LogP contribution < -0.4 is 4.90 Å². The molecule has 1 fully saturated rings. The summed E-state index contributed by atoms with van der Waals surface area (Å²) in [4.78, 5) is 11.3. The van der Waals surface area contributed by atoms with E-state index in [2.05, 4.69) is 35.6 Å². The number of halogens is 1. The van der Waals surface area contributed by atoms with E-state index in [0.717, 1.165) is 49.7 Å². The molecule has 5 heteroatoms. The number of hydrogen-bond acceptors (Lipinski definition) is 4. The molecule has 1 aromatic heterocycles. The summed E-state index contributed by atoms with van der Waals surface area (Å²) in [5.41, 5.74) is 0.812. The fourth-order valence-electron chi connectivity index (χ4n) is 2.36. The molecule has 0 N–H and O–H groups in total. The highest BCUT2D eigenvalue weighted by Gasteiger charge is 2.29. The van der Waals surface area contributed by atoms with Gasteiger partial charge in [0.25, 0.3) is 0 Å². The zero-order valence-corrected chi connectivity index (χ0v) is 12.9. The molecule has 0 radical (unpaired) electrons. The van der Waals surface area contributed by atoms with Crippen LogP contribution in [0.3, 0.4) is 0 Å². The lowest BCUT2D eigenvalue weighted by molar-refractivity contribution is -0.0279. The molecule has 0 atom stereocenters. The average Bonchev–Trinajstić information content (AvgIpc) is 2.32. The van der Waals surface area contributed by atoms with Gasteiger partial charge in [-0.05, 0) is 27.2 Å². The maximum Gasteiger partial charge on any atom is 0.137 e. The molecule has 2 rings (SSSR count). The molecule has 0 spiro atoms. The SMILES string of the molecule is CCCc1nc(Cl)c(C)c(N2CCOC(C)(C)C2)n1. The predicted octanol–water partition coefficient (Wildman–Crippen LogP) is 3.01. The zero-order chi connectivity index (χ0) is 14.0. The molecule has 19 heavy (non-hydrogen) atoms. The molecule has 1 aliphatic heterocycles. The van der Waals surface area contributed by atoms with Crippen molar-refractivity contribution in [3.63, 3.8) is 0 Å². The lowest BCUT2D eigenvalue weighted by Crippen LogP contribution is -2.49. The second kappa shape index (κ2) is 5.63. The number of morpholine rings is 1. The first kappa shape index (κ1) is 14.5. The third-order valence-corrected chi connectivity index (χ3v) is 3.67. The summed E-state index contributed by atoms with van der Waals surface area (Å²) in [7, 11) is 0. The quantitative estimate of drug-likeness (QED) is 0.800. The van der Waals surface area contributed by atoms with Gasteiger partial charge in [-0.25, -0.2) is 9.97 Å². The van der Waals surface area contributed by atoms with Crippen LogP contribution in [-0.4, -0.2) is 35.3 Å². The van der Waals surface area contributed by atoms with Crippen LogP contribution in [-0.2, 0) is 11.2 Å². The zero-order valence-electron chi connectivity index (χ0n) is 12.2. The van der Waals surface area contributed by atoms with Gasteiger partial charge in [0.15, 0.2) is 0 Å². The van der Waals surface area contributed by atoms with Gasteiger partial charge in [0.1, 0.15) is 16.8 Å². The summed E-state index contributed by atoms with van der Waals surface area (Å²) < 4.78 is 5.75. The average molecular weight is 284 g/mol. The van der Waals surface area contributed by atoms with Crippen molar-refractivity contribution in [1.29, 1.82) is 0 Å². The Labute approximate surface area is 120 Å². The number of aryl methyl sites for hydroxylation is 1. The molecule has 0 bridgehead atoms. The molecule has 1 aromatic rings. The van der Waals surface area contributed by atoms with E-state index >= 15 is 0 Å². The first-order chi connectivity index (χ1) is 8.93. The molecule has 4 nitrogen and oxygen atoms in total. The van der Waals surface area contributed by atoms with Crippen molar-refractivity contribution in [2.75, 3.05) is 24.6 Å². The van der Waals surface area contributed by atoms with Crippen molar-refractivity contribution < 1.29 is 4.74 Å².